The maximum absolute atomic E-state index is 13.8. The van der Waals surface area contributed by atoms with Gasteiger partial charge in [0.15, 0.2) is 0 Å². The van der Waals surface area contributed by atoms with Crippen LogP contribution in [0, 0.1) is 40.9 Å². The summed E-state index contributed by atoms with van der Waals surface area (Å²) in [5, 5.41) is 0.789. The highest BCUT2D eigenvalue weighted by molar-refractivity contribution is 9.09. The fraction of sp³-hybridized carbons (Fsp3) is 0.444. The van der Waals surface area contributed by atoms with Crippen molar-refractivity contribution >= 4 is 43.7 Å². The Morgan fingerprint density at radius 2 is 2.06 bits per heavy atom. The van der Waals surface area contributed by atoms with Gasteiger partial charge in [-0.05, 0) is 53.4 Å². The molecule has 1 heterocycles. The van der Waals surface area contributed by atoms with E-state index in [0.29, 0.717) is 34.3 Å². The SMILES string of the molecule is O=C1C2C3=C(OC4C=C/C(=C/C=C/c5ccccc5)C4C3)C3C4CC(C2C4Br)C13CBr. The molecule has 0 saturated heterocycles. The average Bonchev–Trinajstić information content (AvgIpc) is 3.45. The Bertz CT molecular complexity index is 1100. The predicted octanol–water partition coefficient (Wildman–Crippen LogP) is 6.09. The molecule has 9 atom stereocenters. The average molecular weight is 540 g/mol. The standard InChI is InChI=1S/C27H24Br2O2/c28-13-27-19-12-18-23(27)25-17(21(26(27)30)22(19)24(18)29)11-16-15(9-10-20(16)31-25)8-4-7-14-5-2-1-3-6-14/h1-10,16,18-24H,11-13H2/b7-4+,15-8-. The summed E-state index contributed by atoms with van der Waals surface area (Å²) < 4.78 is 6.77. The molecule has 1 aromatic rings. The summed E-state index contributed by atoms with van der Waals surface area (Å²) in [6.45, 7) is 0. The number of benzene rings is 1. The van der Waals surface area contributed by atoms with E-state index in [-0.39, 0.29) is 23.4 Å². The Morgan fingerprint density at radius 3 is 2.87 bits per heavy atom. The number of carbonyl (C=O) groups is 1. The molecule has 0 N–H and O–H groups in total. The summed E-state index contributed by atoms with van der Waals surface area (Å²) in [4.78, 5) is 14.2. The van der Waals surface area contributed by atoms with E-state index in [4.69, 9.17) is 4.74 Å². The Kier molecular flexibility index (Phi) is 4.05. The van der Waals surface area contributed by atoms with E-state index >= 15 is 0 Å². The third-order valence-electron chi connectivity index (χ3n) is 9.12. The highest BCUT2D eigenvalue weighted by Crippen LogP contribution is 2.77. The van der Waals surface area contributed by atoms with E-state index in [2.05, 4.69) is 86.5 Å². The number of rotatable bonds is 3. The van der Waals surface area contributed by atoms with Crippen LogP contribution in [0.25, 0.3) is 6.08 Å². The first kappa shape index (κ1) is 19.1. The van der Waals surface area contributed by atoms with Gasteiger partial charge in [0.2, 0.25) is 0 Å². The highest BCUT2D eigenvalue weighted by atomic mass is 79.9. The molecule has 4 heteroatoms. The number of ketones is 1. The number of fused-ring (bicyclic) bond motifs is 5. The number of alkyl halides is 2. The molecule has 2 nitrogen and oxygen atoms in total. The van der Waals surface area contributed by atoms with Crippen LogP contribution in [0.5, 0.6) is 0 Å². The summed E-state index contributed by atoms with van der Waals surface area (Å²) in [5.74, 6) is 3.87. The largest absolute Gasteiger partial charge is 0.490 e. The number of allylic oxidation sites excluding steroid dienone is 5. The first-order valence-electron chi connectivity index (χ1n) is 11.4. The van der Waals surface area contributed by atoms with Crippen molar-refractivity contribution in [1.29, 1.82) is 0 Å². The van der Waals surface area contributed by atoms with E-state index < -0.39 is 0 Å². The molecule has 7 rings (SSSR count). The first-order valence-corrected chi connectivity index (χ1v) is 13.4. The lowest BCUT2D eigenvalue weighted by atomic mass is 9.64. The van der Waals surface area contributed by atoms with Gasteiger partial charge in [0.1, 0.15) is 17.6 Å². The van der Waals surface area contributed by atoms with Crippen molar-refractivity contribution in [3.63, 3.8) is 0 Å². The quantitative estimate of drug-likeness (QED) is 0.434. The summed E-state index contributed by atoms with van der Waals surface area (Å²) in [7, 11) is 0. The lowest BCUT2D eigenvalue weighted by Gasteiger charge is -2.45. The van der Waals surface area contributed by atoms with Gasteiger partial charge in [0.25, 0.3) is 0 Å². The van der Waals surface area contributed by atoms with Crippen LogP contribution in [0.3, 0.4) is 0 Å². The molecule has 9 unspecified atom stereocenters. The predicted molar refractivity (Wildman–Crippen MR) is 129 cm³/mol. The molecule has 3 fully saturated rings. The summed E-state index contributed by atoms with van der Waals surface area (Å²) in [6.07, 6.45) is 13.2. The van der Waals surface area contributed by atoms with E-state index in [1.807, 2.05) is 6.07 Å². The fourth-order valence-corrected chi connectivity index (χ4v) is 10.2. The Labute approximate surface area is 199 Å². The van der Waals surface area contributed by atoms with Crippen molar-refractivity contribution in [3.05, 3.63) is 77.1 Å². The third-order valence-corrected chi connectivity index (χ3v) is 11.3. The van der Waals surface area contributed by atoms with Crippen molar-refractivity contribution in [1.82, 2.24) is 0 Å². The molecular formula is C27H24Br2O2. The van der Waals surface area contributed by atoms with Gasteiger partial charge >= 0.3 is 0 Å². The second-order valence-electron chi connectivity index (χ2n) is 10.1. The van der Waals surface area contributed by atoms with Gasteiger partial charge in [-0.1, -0.05) is 86.5 Å². The number of Topliss-reactive ketones (excluding diaryl/α,β-unsaturated/α-hetero) is 1. The van der Waals surface area contributed by atoms with E-state index in [0.717, 1.165) is 11.8 Å². The fourth-order valence-electron chi connectivity index (χ4n) is 7.99. The van der Waals surface area contributed by atoms with Crippen LogP contribution >= 0.6 is 31.9 Å². The molecule has 6 aliphatic rings. The summed E-state index contributed by atoms with van der Waals surface area (Å²) in [6, 6.07) is 10.4. The molecule has 0 amide bonds. The zero-order chi connectivity index (χ0) is 20.9. The van der Waals surface area contributed by atoms with Gasteiger partial charge in [-0.15, -0.1) is 0 Å². The van der Waals surface area contributed by atoms with Crippen LogP contribution in [0.4, 0.5) is 0 Å². The molecule has 1 aromatic carbocycles. The van der Waals surface area contributed by atoms with Gasteiger partial charge < -0.3 is 4.74 Å². The summed E-state index contributed by atoms with van der Waals surface area (Å²) >= 11 is 7.80. The van der Waals surface area contributed by atoms with Gasteiger partial charge in [-0.3, -0.25) is 4.79 Å². The smallest absolute Gasteiger partial charge is 0.148 e. The number of ether oxygens (including phenoxy) is 1. The minimum Gasteiger partial charge on any atom is -0.490 e. The Hall–Kier alpha value is -1.39. The summed E-state index contributed by atoms with van der Waals surface area (Å²) in [5.41, 5.74) is 3.65. The number of hydrogen-bond acceptors (Lipinski definition) is 2. The van der Waals surface area contributed by atoms with Crippen molar-refractivity contribution in [3.8, 4) is 0 Å². The van der Waals surface area contributed by atoms with Crippen LogP contribution in [-0.2, 0) is 9.53 Å². The van der Waals surface area contributed by atoms with Crippen molar-refractivity contribution < 1.29 is 9.53 Å². The second kappa shape index (κ2) is 6.57. The molecule has 1 aliphatic heterocycles. The molecule has 5 aliphatic carbocycles. The van der Waals surface area contributed by atoms with Crippen molar-refractivity contribution in [2.45, 2.75) is 23.8 Å². The number of hydrogen-bond donors (Lipinski definition) is 0. The van der Waals surface area contributed by atoms with Gasteiger partial charge in [0, 0.05) is 27.9 Å². The second-order valence-corrected chi connectivity index (χ2v) is 11.7. The van der Waals surface area contributed by atoms with Crippen LogP contribution in [-0.4, -0.2) is 22.0 Å². The minimum atomic E-state index is -0.213. The minimum absolute atomic E-state index is 0.0633. The van der Waals surface area contributed by atoms with E-state index in [1.54, 1.807) is 0 Å². The Morgan fingerprint density at radius 1 is 1.23 bits per heavy atom. The number of carbonyl (C=O) groups excluding carboxylic acids is 1. The van der Waals surface area contributed by atoms with Crippen LogP contribution in [0.1, 0.15) is 18.4 Å². The molecule has 3 saturated carbocycles. The molecular weight excluding hydrogens is 516 g/mol. The molecule has 158 valence electrons. The highest BCUT2D eigenvalue weighted by Gasteiger charge is 2.79. The van der Waals surface area contributed by atoms with Crippen molar-refractivity contribution in [2.24, 2.45) is 40.9 Å². The Balaban J connectivity index is 1.24. The topological polar surface area (TPSA) is 26.3 Å². The maximum atomic E-state index is 13.8. The zero-order valence-electron chi connectivity index (χ0n) is 17.1. The van der Waals surface area contributed by atoms with E-state index in [1.165, 1.54) is 28.9 Å². The normalized spacial score (nSPS) is 47.0. The monoisotopic (exact) mass is 538 g/mol. The lowest BCUT2D eigenvalue weighted by Crippen LogP contribution is -2.48. The molecule has 0 radical (unpaired) electrons. The van der Waals surface area contributed by atoms with E-state index in [9.17, 15) is 4.79 Å². The molecule has 0 spiro atoms. The first-order chi connectivity index (χ1) is 15.1. The van der Waals surface area contributed by atoms with Gasteiger partial charge in [-0.2, -0.15) is 0 Å². The maximum Gasteiger partial charge on any atom is 0.148 e. The zero-order valence-corrected chi connectivity index (χ0v) is 20.3. The number of halogens is 2. The van der Waals surface area contributed by atoms with Crippen LogP contribution in [0.2, 0.25) is 0 Å². The van der Waals surface area contributed by atoms with Crippen LogP contribution in [0.15, 0.2) is 71.5 Å². The van der Waals surface area contributed by atoms with Crippen molar-refractivity contribution in [2.75, 3.05) is 5.33 Å². The third kappa shape index (κ3) is 2.26. The lowest BCUT2D eigenvalue weighted by molar-refractivity contribution is -0.132. The molecule has 0 aromatic heterocycles. The van der Waals surface area contributed by atoms with Crippen LogP contribution < -0.4 is 0 Å². The van der Waals surface area contributed by atoms with Gasteiger partial charge in [-0.25, -0.2) is 0 Å². The molecule has 31 heavy (non-hydrogen) atoms. The van der Waals surface area contributed by atoms with Gasteiger partial charge in [0.05, 0.1) is 5.41 Å². The molecule has 5 bridgehead atoms.